The summed E-state index contributed by atoms with van der Waals surface area (Å²) in [6.45, 7) is 13.4. The van der Waals surface area contributed by atoms with Crippen molar-refractivity contribution in [2.45, 2.75) is 46.1 Å². The lowest BCUT2D eigenvalue weighted by molar-refractivity contribution is -0.118. The largest absolute Gasteiger partial charge is 0.374 e. The van der Waals surface area contributed by atoms with Gasteiger partial charge in [-0.05, 0) is 37.3 Å². The van der Waals surface area contributed by atoms with Gasteiger partial charge in [-0.15, -0.1) is 24.0 Å². The minimum Gasteiger partial charge on any atom is -0.374 e. The van der Waals surface area contributed by atoms with Crippen molar-refractivity contribution < 1.29 is 9.53 Å². The predicted molar refractivity (Wildman–Crippen MR) is 142 cm³/mol. The monoisotopic (exact) mass is 557 g/mol. The number of para-hydroxylation sites is 1. The van der Waals surface area contributed by atoms with Gasteiger partial charge in [0, 0.05) is 51.4 Å². The Morgan fingerprint density at radius 1 is 1.25 bits per heavy atom. The molecule has 2 aliphatic heterocycles. The van der Waals surface area contributed by atoms with Crippen molar-refractivity contribution >= 4 is 41.5 Å². The summed E-state index contributed by atoms with van der Waals surface area (Å²) in [5.41, 5.74) is 2.35. The number of morpholine rings is 1. The van der Waals surface area contributed by atoms with E-state index in [1.807, 2.05) is 23.1 Å². The Balaban J connectivity index is 0.00000363. The number of amides is 1. The van der Waals surface area contributed by atoms with Crippen molar-refractivity contribution in [1.82, 2.24) is 15.5 Å². The Morgan fingerprint density at radius 2 is 2.06 bits per heavy atom. The van der Waals surface area contributed by atoms with E-state index in [0.29, 0.717) is 18.9 Å². The van der Waals surface area contributed by atoms with Gasteiger partial charge in [0.25, 0.3) is 0 Å². The highest BCUT2D eigenvalue weighted by molar-refractivity contribution is 14.0. The Morgan fingerprint density at radius 3 is 2.84 bits per heavy atom. The van der Waals surface area contributed by atoms with Gasteiger partial charge in [-0.1, -0.05) is 32.0 Å². The summed E-state index contributed by atoms with van der Waals surface area (Å²) < 4.78 is 5.91. The summed E-state index contributed by atoms with van der Waals surface area (Å²) >= 11 is 0. The predicted octanol–water partition coefficient (Wildman–Crippen LogP) is 2.89. The van der Waals surface area contributed by atoms with Crippen molar-refractivity contribution in [2.24, 2.45) is 10.9 Å². The third kappa shape index (κ3) is 8.19. The van der Waals surface area contributed by atoms with E-state index in [1.165, 1.54) is 5.56 Å². The van der Waals surface area contributed by atoms with Crippen molar-refractivity contribution in [1.29, 1.82) is 0 Å². The molecule has 0 aromatic heterocycles. The molecule has 1 atom stereocenters. The van der Waals surface area contributed by atoms with E-state index >= 15 is 0 Å². The molecular weight excluding hydrogens is 517 g/mol. The number of nitrogens with one attached hydrogen (secondary N) is 2. The SMILES string of the molecule is CCNC(=NCC1CN(CC(C)C)CCO1)NCCCC(=O)N1CCc2ccccc21.I. The van der Waals surface area contributed by atoms with Crippen LogP contribution in [0.4, 0.5) is 5.69 Å². The summed E-state index contributed by atoms with van der Waals surface area (Å²) in [6.07, 6.45) is 2.41. The average molecular weight is 558 g/mol. The van der Waals surface area contributed by atoms with Crippen LogP contribution in [-0.4, -0.2) is 75.3 Å². The van der Waals surface area contributed by atoms with Crippen LogP contribution in [0.25, 0.3) is 0 Å². The van der Waals surface area contributed by atoms with Crippen LogP contribution in [-0.2, 0) is 16.0 Å². The first kappa shape index (κ1) is 26.9. The lowest BCUT2D eigenvalue weighted by Crippen LogP contribution is -2.46. The fourth-order valence-corrected chi connectivity index (χ4v) is 4.29. The minimum absolute atomic E-state index is 0. The maximum absolute atomic E-state index is 12.6. The Bertz CT molecular complexity index is 743. The van der Waals surface area contributed by atoms with Crippen molar-refractivity contribution in [2.75, 3.05) is 57.3 Å². The molecule has 1 amide bonds. The summed E-state index contributed by atoms with van der Waals surface area (Å²) in [5, 5.41) is 6.66. The molecule has 32 heavy (non-hydrogen) atoms. The van der Waals surface area contributed by atoms with Crippen molar-refractivity contribution in [3.05, 3.63) is 29.8 Å². The maximum atomic E-state index is 12.6. The van der Waals surface area contributed by atoms with Gasteiger partial charge in [-0.25, -0.2) is 0 Å². The third-order valence-electron chi connectivity index (χ3n) is 5.69. The molecule has 0 radical (unpaired) electrons. The van der Waals surface area contributed by atoms with Gasteiger partial charge in [0.1, 0.15) is 0 Å². The number of ether oxygens (including phenoxy) is 1. The summed E-state index contributed by atoms with van der Waals surface area (Å²) in [7, 11) is 0. The van der Waals surface area contributed by atoms with E-state index in [-0.39, 0.29) is 36.0 Å². The molecule has 0 bridgehead atoms. The number of aliphatic imine (C=N–C) groups is 1. The number of hydrogen-bond acceptors (Lipinski definition) is 4. The van der Waals surface area contributed by atoms with Crippen molar-refractivity contribution in [3.8, 4) is 0 Å². The number of carbonyl (C=O) groups excluding carboxylic acids is 1. The first-order chi connectivity index (χ1) is 15.1. The molecule has 0 saturated carbocycles. The van der Waals surface area contributed by atoms with Crippen molar-refractivity contribution in [3.63, 3.8) is 0 Å². The number of nitrogens with zero attached hydrogens (tertiary/aromatic N) is 3. The molecule has 3 rings (SSSR count). The summed E-state index contributed by atoms with van der Waals surface area (Å²) in [5.74, 6) is 1.67. The maximum Gasteiger partial charge on any atom is 0.227 e. The van der Waals surface area contributed by atoms with Gasteiger partial charge in [-0.3, -0.25) is 14.7 Å². The van der Waals surface area contributed by atoms with E-state index in [1.54, 1.807) is 0 Å². The zero-order valence-corrected chi connectivity index (χ0v) is 22.1. The molecule has 0 aliphatic carbocycles. The van der Waals surface area contributed by atoms with Crippen LogP contribution in [0.5, 0.6) is 0 Å². The highest BCUT2D eigenvalue weighted by Gasteiger charge is 2.23. The number of carbonyl (C=O) groups is 1. The number of rotatable bonds is 9. The first-order valence-electron chi connectivity index (χ1n) is 11.8. The van der Waals surface area contributed by atoms with E-state index in [2.05, 4.69) is 42.4 Å². The van der Waals surface area contributed by atoms with Crippen LogP contribution in [0.2, 0.25) is 0 Å². The molecule has 0 spiro atoms. The normalized spacial score (nSPS) is 18.9. The van der Waals surface area contributed by atoms with E-state index in [4.69, 9.17) is 9.73 Å². The van der Waals surface area contributed by atoms with Gasteiger partial charge in [0.2, 0.25) is 5.91 Å². The van der Waals surface area contributed by atoms with Crippen LogP contribution in [0.3, 0.4) is 0 Å². The van der Waals surface area contributed by atoms with Gasteiger partial charge >= 0.3 is 0 Å². The van der Waals surface area contributed by atoms with Gasteiger partial charge in [-0.2, -0.15) is 0 Å². The number of guanidine groups is 1. The smallest absolute Gasteiger partial charge is 0.227 e. The van der Waals surface area contributed by atoms with E-state index in [9.17, 15) is 4.79 Å². The molecule has 8 heteroatoms. The zero-order valence-electron chi connectivity index (χ0n) is 19.8. The average Bonchev–Trinajstić information content (AvgIpc) is 3.19. The van der Waals surface area contributed by atoms with Crippen LogP contribution in [0.1, 0.15) is 39.2 Å². The number of hydrogen-bond donors (Lipinski definition) is 2. The number of halogens is 1. The number of anilines is 1. The van der Waals surface area contributed by atoms with Crippen LogP contribution in [0, 0.1) is 5.92 Å². The summed E-state index contributed by atoms with van der Waals surface area (Å²) in [6, 6.07) is 8.20. The summed E-state index contributed by atoms with van der Waals surface area (Å²) in [4.78, 5) is 21.8. The quantitative estimate of drug-likeness (QED) is 0.212. The second-order valence-electron chi connectivity index (χ2n) is 8.82. The van der Waals surface area contributed by atoms with Gasteiger partial charge in [0.15, 0.2) is 5.96 Å². The molecule has 2 heterocycles. The fourth-order valence-electron chi connectivity index (χ4n) is 4.29. The number of benzene rings is 1. The number of fused-ring (bicyclic) bond motifs is 1. The second-order valence-corrected chi connectivity index (χ2v) is 8.82. The van der Waals surface area contributed by atoms with E-state index in [0.717, 1.165) is 70.4 Å². The first-order valence-corrected chi connectivity index (χ1v) is 11.8. The topological polar surface area (TPSA) is 69.2 Å². The van der Waals surface area contributed by atoms with Crippen LogP contribution >= 0.6 is 24.0 Å². The highest BCUT2D eigenvalue weighted by atomic mass is 127. The van der Waals surface area contributed by atoms with Gasteiger partial charge < -0.3 is 20.3 Å². The third-order valence-corrected chi connectivity index (χ3v) is 5.69. The molecule has 1 aromatic carbocycles. The Labute approximate surface area is 210 Å². The molecule has 2 N–H and O–H groups in total. The molecule has 2 aliphatic rings. The molecule has 180 valence electrons. The lowest BCUT2D eigenvalue weighted by Gasteiger charge is -2.33. The second kappa shape index (κ2) is 14.0. The molecule has 1 unspecified atom stereocenters. The Hall–Kier alpha value is -1.39. The zero-order chi connectivity index (χ0) is 22.1. The molecule has 1 saturated heterocycles. The van der Waals surface area contributed by atoms with Crippen LogP contribution in [0.15, 0.2) is 29.3 Å². The minimum atomic E-state index is 0. The lowest BCUT2D eigenvalue weighted by atomic mass is 10.2. The molecule has 1 fully saturated rings. The standard InChI is InChI=1S/C24H39N5O2.HI/c1-4-25-24(27-16-21-18-28(14-15-31-21)17-19(2)3)26-12-7-10-23(30)29-13-11-20-8-5-6-9-22(20)29;/h5-6,8-9,19,21H,4,7,10-18H2,1-3H3,(H2,25,26,27);1H. The highest BCUT2D eigenvalue weighted by Crippen LogP contribution is 2.27. The Kier molecular flexibility index (Phi) is 11.7. The van der Waals surface area contributed by atoms with Gasteiger partial charge in [0.05, 0.1) is 19.3 Å². The molecule has 7 nitrogen and oxygen atoms in total. The molecular formula is C24H40IN5O2. The van der Waals surface area contributed by atoms with E-state index < -0.39 is 0 Å². The fraction of sp³-hybridized carbons (Fsp3) is 0.667. The molecule has 1 aromatic rings. The van der Waals surface area contributed by atoms with Crippen LogP contribution < -0.4 is 15.5 Å².